The summed E-state index contributed by atoms with van der Waals surface area (Å²) in [7, 11) is 0. The Kier molecular flexibility index (Phi) is 1.48. The van der Waals surface area contributed by atoms with E-state index >= 15 is 0 Å². The summed E-state index contributed by atoms with van der Waals surface area (Å²) in [5.41, 5.74) is 2.64. The second-order valence-electron chi connectivity index (χ2n) is 3.79. The van der Waals surface area contributed by atoms with Gasteiger partial charge >= 0.3 is 0 Å². The lowest BCUT2D eigenvalue weighted by Crippen LogP contribution is -2.21. The third-order valence-electron chi connectivity index (χ3n) is 2.76. The summed E-state index contributed by atoms with van der Waals surface area (Å²) in [6.45, 7) is 2.12. The van der Waals surface area contributed by atoms with Crippen molar-refractivity contribution in [2.75, 3.05) is 0 Å². The number of allylic oxidation sites excluding steroid dienone is 2. The van der Waals surface area contributed by atoms with Crippen molar-refractivity contribution >= 4 is 5.57 Å². The molecule has 1 heteroatoms. The Morgan fingerprint density at radius 3 is 2.93 bits per heavy atom. The van der Waals surface area contributed by atoms with Crippen LogP contribution in [0.1, 0.15) is 6.92 Å². The van der Waals surface area contributed by atoms with Gasteiger partial charge in [-0.2, -0.15) is 0 Å². The number of rotatable bonds is 0. The Labute approximate surface area is 82.8 Å². The van der Waals surface area contributed by atoms with Crippen molar-refractivity contribution in [2.45, 2.75) is 13.0 Å². The van der Waals surface area contributed by atoms with E-state index in [0.717, 1.165) is 5.36 Å². The molecule has 0 unspecified atom stereocenters. The molecule has 0 saturated carbocycles. The van der Waals surface area contributed by atoms with E-state index in [0.29, 0.717) is 0 Å². The zero-order valence-electron chi connectivity index (χ0n) is 8.07. The van der Waals surface area contributed by atoms with Gasteiger partial charge in [-0.3, -0.25) is 4.99 Å². The van der Waals surface area contributed by atoms with Crippen LogP contribution < -0.4 is 10.6 Å². The van der Waals surface area contributed by atoms with Crippen LogP contribution in [0.2, 0.25) is 0 Å². The van der Waals surface area contributed by atoms with Gasteiger partial charge in [0.25, 0.3) is 0 Å². The van der Waals surface area contributed by atoms with Crippen molar-refractivity contribution < 1.29 is 0 Å². The van der Waals surface area contributed by atoms with Gasteiger partial charge in [-0.1, -0.05) is 42.0 Å². The number of para-hydroxylation sites is 1. The molecule has 0 bridgehead atoms. The minimum absolute atomic E-state index is 0.261. The molecule has 1 aliphatic heterocycles. The summed E-state index contributed by atoms with van der Waals surface area (Å²) in [5.74, 6) is 0. The zero-order valence-corrected chi connectivity index (χ0v) is 8.07. The van der Waals surface area contributed by atoms with Crippen molar-refractivity contribution in [1.82, 2.24) is 0 Å². The molecule has 1 aliphatic carbocycles. The Morgan fingerprint density at radius 2 is 2.00 bits per heavy atom. The van der Waals surface area contributed by atoms with Gasteiger partial charge in [-0.15, -0.1) is 0 Å². The van der Waals surface area contributed by atoms with Gasteiger partial charge in [0.05, 0.1) is 11.4 Å². The van der Waals surface area contributed by atoms with Gasteiger partial charge in [0.1, 0.15) is 0 Å². The summed E-state index contributed by atoms with van der Waals surface area (Å²) in [5, 5.41) is 2.42. The number of hydrogen-bond acceptors (Lipinski definition) is 1. The SMILES string of the molecule is CC1=C[C@@H]2N=c3ccccc3=C2C=C1. The summed E-state index contributed by atoms with van der Waals surface area (Å²) in [6, 6.07) is 8.60. The number of hydrogen-bond donors (Lipinski definition) is 0. The van der Waals surface area contributed by atoms with Gasteiger partial charge in [-0.05, 0) is 18.6 Å². The molecule has 1 aromatic carbocycles. The average molecular weight is 181 g/mol. The topological polar surface area (TPSA) is 12.4 Å². The van der Waals surface area contributed by atoms with Crippen LogP contribution in [0.25, 0.3) is 5.57 Å². The van der Waals surface area contributed by atoms with E-state index in [-0.39, 0.29) is 6.04 Å². The van der Waals surface area contributed by atoms with Gasteiger partial charge in [0, 0.05) is 5.22 Å². The maximum Gasteiger partial charge on any atom is 0.0949 e. The molecule has 0 saturated heterocycles. The molecule has 3 rings (SSSR count). The quantitative estimate of drug-likeness (QED) is 0.573. The van der Waals surface area contributed by atoms with Gasteiger partial charge in [0.15, 0.2) is 0 Å². The van der Waals surface area contributed by atoms with E-state index in [1.54, 1.807) is 0 Å². The number of nitrogens with zero attached hydrogens (tertiary/aromatic N) is 1. The Morgan fingerprint density at radius 1 is 1.14 bits per heavy atom. The van der Waals surface area contributed by atoms with Crippen LogP contribution in [0.15, 0.2) is 53.1 Å². The Hall–Kier alpha value is -1.63. The Balaban J connectivity index is 2.36. The maximum atomic E-state index is 4.66. The van der Waals surface area contributed by atoms with Crippen LogP contribution in [-0.2, 0) is 0 Å². The van der Waals surface area contributed by atoms with E-state index in [2.05, 4.69) is 48.3 Å². The van der Waals surface area contributed by atoms with Gasteiger partial charge in [-0.25, -0.2) is 0 Å². The fraction of sp³-hybridized carbons (Fsp3) is 0.154. The molecule has 0 amide bonds. The molecule has 0 radical (unpaired) electrons. The predicted molar refractivity (Wildman–Crippen MR) is 57.3 cm³/mol. The van der Waals surface area contributed by atoms with E-state index in [1.165, 1.54) is 16.4 Å². The highest BCUT2D eigenvalue weighted by Gasteiger charge is 2.16. The molecular weight excluding hydrogens is 170 g/mol. The first-order chi connectivity index (χ1) is 6.84. The lowest BCUT2D eigenvalue weighted by atomic mass is 9.98. The highest BCUT2D eigenvalue weighted by Crippen LogP contribution is 2.19. The largest absolute Gasteiger partial charge is 0.272 e. The molecule has 0 N–H and O–H groups in total. The first-order valence-corrected chi connectivity index (χ1v) is 4.88. The van der Waals surface area contributed by atoms with Crippen LogP contribution >= 0.6 is 0 Å². The van der Waals surface area contributed by atoms with E-state index in [9.17, 15) is 0 Å². The molecule has 2 aliphatic rings. The highest BCUT2D eigenvalue weighted by atomic mass is 14.8. The fourth-order valence-electron chi connectivity index (χ4n) is 2.05. The molecule has 0 fully saturated rings. The minimum atomic E-state index is 0.261. The number of benzene rings is 1. The van der Waals surface area contributed by atoms with Crippen molar-refractivity contribution in [1.29, 1.82) is 0 Å². The third-order valence-corrected chi connectivity index (χ3v) is 2.76. The monoisotopic (exact) mass is 181 g/mol. The average Bonchev–Trinajstić information content (AvgIpc) is 2.54. The highest BCUT2D eigenvalue weighted by molar-refractivity contribution is 5.69. The van der Waals surface area contributed by atoms with Gasteiger partial charge in [0.2, 0.25) is 0 Å². The molecule has 0 spiro atoms. The summed E-state index contributed by atoms with van der Waals surface area (Å²) < 4.78 is 0. The Bertz CT molecular complexity index is 561. The molecule has 1 heterocycles. The van der Waals surface area contributed by atoms with Crippen LogP contribution in [0.3, 0.4) is 0 Å². The second-order valence-corrected chi connectivity index (χ2v) is 3.79. The first kappa shape index (κ1) is 7.74. The van der Waals surface area contributed by atoms with E-state index in [4.69, 9.17) is 0 Å². The summed E-state index contributed by atoms with van der Waals surface area (Å²) in [6.07, 6.45) is 6.56. The van der Waals surface area contributed by atoms with Gasteiger partial charge < -0.3 is 0 Å². The summed E-state index contributed by atoms with van der Waals surface area (Å²) >= 11 is 0. The summed E-state index contributed by atoms with van der Waals surface area (Å²) in [4.78, 5) is 4.66. The minimum Gasteiger partial charge on any atom is -0.272 e. The lowest BCUT2D eigenvalue weighted by molar-refractivity contribution is 1.01. The molecule has 0 aromatic heterocycles. The fourth-order valence-corrected chi connectivity index (χ4v) is 2.05. The lowest BCUT2D eigenvalue weighted by Gasteiger charge is -2.10. The van der Waals surface area contributed by atoms with Crippen molar-refractivity contribution in [2.24, 2.45) is 4.99 Å². The van der Waals surface area contributed by atoms with E-state index < -0.39 is 0 Å². The molecule has 68 valence electrons. The predicted octanol–water partition coefficient (Wildman–Crippen LogP) is 1.36. The number of fused-ring (bicyclic) bond motifs is 2. The standard InChI is InChI=1S/C13H11N/c1-9-6-7-11-10-4-2-3-5-12(10)14-13(11)8-9/h2-8,13H,1H3/t13-/m0/s1. The van der Waals surface area contributed by atoms with Crippen molar-refractivity contribution in [3.63, 3.8) is 0 Å². The third kappa shape index (κ3) is 0.987. The molecule has 1 atom stereocenters. The van der Waals surface area contributed by atoms with Crippen molar-refractivity contribution in [3.8, 4) is 0 Å². The second kappa shape index (κ2) is 2.68. The smallest absolute Gasteiger partial charge is 0.0949 e. The van der Waals surface area contributed by atoms with E-state index in [1.807, 2.05) is 6.07 Å². The molecule has 1 nitrogen and oxygen atoms in total. The van der Waals surface area contributed by atoms with Crippen LogP contribution in [-0.4, -0.2) is 6.04 Å². The molecule has 1 aromatic rings. The normalized spacial score (nSPS) is 22.5. The first-order valence-electron chi connectivity index (χ1n) is 4.88. The zero-order chi connectivity index (χ0) is 9.54. The molecule has 14 heavy (non-hydrogen) atoms. The van der Waals surface area contributed by atoms with Crippen LogP contribution in [0, 0.1) is 0 Å². The van der Waals surface area contributed by atoms with Crippen molar-refractivity contribution in [3.05, 3.63) is 58.6 Å². The van der Waals surface area contributed by atoms with Crippen LogP contribution in [0.5, 0.6) is 0 Å². The van der Waals surface area contributed by atoms with Crippen LogP contribution in [0.4, 0.5) is 0 Å². The molecular formula is C13H11N. The maximum absolute atomic E-state index is 4.66.